The van der Waals surface area contributed by atoms with E-state index in [1.807, 2.05) is 6.92 Å². The number of ether oxygens (including phenoxy) is 1. The van der Waals surface area contributed by atoms with Crippen LogP contribution in [0.1, 0.15) is 19.8 Å². The molecule has 2 rings (SSSR count). The Balaban J connectivity index is 2.24. The lowest BCUT2D eigenvalue weighted by Crippen LogP contribution is -2.51. The van der Waals surface area contributed by atoms with Gasteiger partial charge < -0.3 is 15.0 Å². The highest BCUT2D eigenvalue weighted by molar-refractivity contribution is 7.89. The minimum atomic E-state index is -3.58. The lowest BCUT2D eigenvalue weighted by atomic mass is 10.0. The van der Waals surface area contributed by atoms with Crippen molar-refractivity contribution in [2.24, 2.45) is 5.73 Å². The Kier molecular flexibility index (Phi) is 4.79. The molecule has 20 heavy (non-hydrogen) atoms. The molecule has 7 nitrogen and oxygen atoms in total. The third-order valence-electron chi connectivity index (χ3n) is 3.77. The van der Waals surface area contributed by atoms with Crippen LogP contribution in [0.25, 0.3) is 0 Å². The number of piperidine rings is 1. The van der Waals surface area contributed by atoms with Crippen LogP contribution in [0.5, 0.6) is 0 Å². The van der Waals surface area contributed by atoms with Crippen molar-refractivity contribution in [1.82, 2.24) is 13.9 Å². The van der Waals surface area contributed by atoms with E-state index in [-0.39, 0.29) is 23.7 Å². The Labute approximate surface area is 119 Å². The van der Waals surface area contributed by atoms with Gasteiger partial charge in [-0.3, -0.25) is 0 Å². The summed E-state index contributed by atoms with van der Waals surface area (Å²) < 4.78 is 33.8. The molecule has 114 valence electrons. The Hall–Kier alpha value is -0.960. The third kappa shape index (κ3) is 2.88. The lowest BCUT2D eigenvalue weighted by Gasteiger charge is -2.36. The van der Waals surface area contributed by atoms with Crippen LogP contribution in [-0.2, 0) is 21.3 Å². The van der Waals surface area contributed by atoms with Crippen LogP contribution >= 0.6 is 0 Å². The van der Waals surface area contributed by atoms with E-state index in [1.165, 1.54) is 10.6 Å². The second-order valence-corrected chi connectivity index (χ2v) is 6.77. The number of hydrogen-bond donors (Lipinski definition) is 1. The normalized spacial score (nSPS) is 24.9. The van der Waals surface area contributed by atoms with E-state index in [2.05, 4.69) is 4.98 Å². The molecule has 2 N–H and O–H groups in total. The first-order chi connectivity index (χ1) is 9.52. The number of sulfonamides is 1. The van der Waals surface area contributed by atoms with Gasteiger partial charge in [-0.15, -0.1) is 0 Å². The minimum Gasteiger partial charge on any atom is -0.381 e. The van der Waals surface area contributed by atoms with Crippen molar-refractivity contribution < 1.29 is 13.2 Å². The molecule has 0 aliphatic carbocycles. The largest absolute Gasteiger partial charge is 0.381 e. The van der Waals surface area contributed by atoms with E-state index in [1.54, 1.807) is 17.9 Å². The molecule has 1 aromatic rings. The fraction of sp³-hybridized carbons (Fsp3) is 0.750. The maximum atomic E-state index is 12.6. The van der Waals surface area contributed by atoms with Gasteiger partial charge in [-0.25, -0.2) is 13.4 Å². The highest BCUT2D eigenvalue weighted by Gasteiger charge is 2.37. The highest BCUT2D eigenvalue weighted by Crippen LogP contribution is 2.25. The SMILES string of the molecule is CCn1cnc(S(=O)(=O)N2CCC(OC)CC2CN)c1. The van der Waals surface area contributed by atoms with Crippen molar-refractivity contribution >= 4 is 10.0 Å². The second-order valence-electron chi connectivity index (χ2n) is 4.93. The van der Waals surface area contributed by atoms with Gasteiger partial charge in [0.25, 0.3) is 10.0 Å². The molecule has 8 heteroatoms. The first-order valence-corrected chi connectivity index (χ1v) is 8.23. The maximum Gasteiger partial charge on any atom is 0.262 e. The Morgan fingerprint density at radius 1 is 1.55 bits per heavy atom. The average molecular weight is 302 g/mol. The number of rotatable bonds is 5. The van der Waals surface area contributed by atoms with Crippen molar-refractivity contribution in [2.45, 2.75) is 43.5 Å². The molecular formula is C12H22N4O3S. The van der Waals surface area contributed by atoms with Gasteiger partial charge in [0.15, 0.2) is 5.03 Å². The van der Waals surface area contributed by atoms with Crippen LogP contribution in [0.15, 0.2) is 17.6 Å². The highest BCUT2D eigenvalue weighted by atomic mass is 32.2. The molecule has 2 unspecified atom stereocenters. The lowest BCUT2D eigenvalue weighted by molar-refractivity contribution is 0.0401. The van der Waals surface area contributed by atoms with Crippen molar-refractivity contribution in [3.05, 3.63) is 12.5 Å². The molecule has 1 aromatic heterocycles. The molecule has 2 heterocycles. The van der Waals surface area contributed by atoms with Gasteiger partial charge in [-0.05, 0) is 19.8 Å². The molecule has 1 fully saturated rings. The summed E-state index contributed by atoms with van der Waals surface area (Å²) in [5.74, 6) is 0. The summed E-state index contributed by atoms with van der Waals surface area (Å²) in [7, 11) is -1.93. The number of methoxy groups -OCH3 is 1. The number of nitrogens with zero attached hydrogens (tertiary/aromatic N) is 3. The van der Waals surface area contributed by atoms with Gasteiger partial charge in [0.05, 0.1) is 12.4 Å². The topological polar surface area (TPSA) is 90.5 Å². The molecule has 1 aliphatic rings. The number of aryl methyl sites for hydroxylation is 1. The Morgan fingerprint density at radius 2 is 2.30 bits per heavy atom. The van der Waals surface area contributed by atoms with E-state index >= 15 is 0 Å². The number of hydrogen-bond acceptors (Lipinski definition) is 5. The summed E-state index contributed by atoms with van der Waals surface area (Å²) in [4.78, 5) is 4.00. The summed E-state index contributed by atoms with van der Waals surface area (Å²) in [5.41, 5.74) is 5.73. The quantitative estimate of drug-likeness (QED) is 0.828. The zero-order valence-electron chi connectivity index (χ0n) is 11.9. The Morgan fingerprint density at radius 3 is 2.85 bits per heavy atom. The molecule has 2 atom stereocenters. The van der Waals surface area contributed by atoms with Gasteiger partial charge in [-0.2, -0.15) is 4.31 Å². The molecule has 0 radical (unpaired) electrons. The second kappa shape index (κ2) is 6.21. The van der Waals surface area contributed by atoms with Gasteiger partial charge in [-0.1, -0.05) is 0 Å². The first-order valence-electron chi connectivity index (χ1n) is 6.79. The molecule has 0 saturated carbocycles. The smallest absolute Gasteiger partial charge is 0.262 e. The van der Waals surface area contributed by atoms with E-state index in [9.17, 15) is 8.42 Å². The van der Waals surface area contributed by atoms with Crippen LogP contribution in [0.4, 0.5) is 0 Å². The van der Waals surface area contributed by atoms with Crippen molar-refractivity contribution in [3.63, 3.8) is 0 Å². The van der Waals surface area contributed by atoms with E-state index in [4.69, 9.17) is 10.5 Å². The number of imidazole rings is 1. The minimum absolute atomic E-state index is 0.0724. The van der Waals surface area contributed by atoms with Gasteiger partial charge >= 0.3 is 0 Å². The molecule has 0 spiro atoms. The number of nitrogens with two attached hydrogens (primary N) is 1. The first kappa shape index (κ1) is 15.4. The summed E-state index contributed by atoms with van der Waals surface area (Å²) in [6.07, 6.45) is 4.47. The van der Waals surface area contributed by atoms with Crippen molar-refractivity contribution in [3.8, 4) is 0 Å². The van der Waals surface area contributed by atoms with Gasteiger partial charge in [0.1, 0.15) is 0 Å². The van der Waals surface area contributed by atoms with Crippen LogP contribution in [0.3, 0.4) is 0 Å². The zero-order valence-corrected chi connectivity index (χ0v) is 12.7. The summed E-state index contributed by atoms with van der Waals surface area (Å²) in [6.45, 7) is 3.33. The Bertz CT molecular complexity index is 543. The summed E-state index contributed by atoms with van der Waals surface area (Å²) in [5, 5.41) is 0.0914. The molecule has 0 amide bonds. The predicted octanol–water partition coefficient (Wildman–Crippen LogP) is 0.0298. The zero-order chi connectivity index (χ0) is 14.8. The fourth-order valence-electron chi connectivity index (χ4n) is 2.50. The van der Waals surface area contributed by atoms with E-state index < -0.39 is 10.0 Å². The average Bonchev–Trinajstić information content (AvgIpc) is 2.96. The summed E-state index contributed by atoms with van der Waals surface area (Å²) in [6, 6.07) is -0.231. The predicted molar refractivity (Wildman–Crippen MR) is 74.7 cm³/mol. The van der Waals surface area contributed by atoms with Crippen molar-refractivity contribution in [2.75, 3.05) is 20.2 Å². The standard InChI is InChI=1S/C12H22N4O3S/c1-3-15-8-12(14-9-15)20(17,18)16-5-4-11(19-2)6-10(16)7-13/h8-11H,3-7,13H2,1-2H3. The molecule has 1 saturated heterocycles. The van der Waals surface area contributed by atoms with E-state index in [0.717, 1.165) is 0 Å². The van der Waals surface area contributed by atoms with Gasteiger partial charge in [0.2, 0.25) is 0 Å². The molecular weight excluding hydrogens is 280 g/mol. The van der Waals surface area contributed by atoms with Crippen LogP contribution in [0.2, 0.25) is 0 Å². The fourth-order valence-corrected chi connectivity index (χ4v) is 4.10. The van der Waals surface area contributed by atoms with E-state index in [0.29, 0.717) is 25.9 Å². The molecule has 0 aromatic carbocycles. The summed E-state index contributed by atoms with van der Waals surface area (Å²) >= 11 is 0. The van der Waals surface area contributed by atoms with Gasteiger partial charge in [0, 0.05) is 39.0 Å². The maximum absolute atomic E-state index is 12.6. The van der Waals surface area contributed by atoms with Crippen molar-refractivity contribution in [1.29, 1.82) is 0 Å². The molecule has 0 bridgehead atoms. The molecule has 1 aliphatic heterocycles. The third-order valence-corrected chi connectivity index (χ3v) is 5.60. The monoisotopic (exact) mass is 302 g/mol. The van der Waals surface area contributed by atoms with Crippen LogP contribution < -0.4 is 5.73 Å². The van der Waals surface area contributed by atoms with Crippen LogP contribution in [0, 0.1) is 0 Å². The number of aromatic nitrogens is 2. The van der Waals surface area contributed by atoms with Crippen LogP contribution in [-0.4, -0.2) is 54.6 Å².